The highest BCUT2D eigenvalue weighted by molar-refractivity contribution is 6.30. The number of fused-ring (bicyclic) bond motifs is 1. The Labute approximate surface area is 219 Å². The number of benzene rings is 3. The van der Waals surface area contributed by atoms with Crippen LogP contribution in [0.1, 0.15) is 32.0 Å². The number of hydrogen-bond acceptors (Lipinski definition) is 5. The summed E-state index contributed by atoms with van der Waals surface area (Å²) >= 11 is 5.93. The van der Waals surface area contributed by atoms with E-state index in [0.29, 0.717) is 58.6 Å². The molecule has 2 amide bonds. The summed E-state index contributed by atoms with van der Waals surface area (Å²) in [6.45, 7) is 1.00. The molecule has 5 rings (SSSR count). The summed E-state index contributed by atoms with van der Waals surface area (Å²) in [5.41, 5.74) is 3.87. The average Bonchev–Trinajstić information content (AvgIpc) is 3.42. The van der Waals surface area contributed by atoms with Crippen molar-refractivity contribution in [1.82, 2.24) is 4.90 Å². The molecule has 0 bridgehead atoms. The number of para-hydroxylation sites is 1. The maximum atomic E-state index is 13.3. The first-order valence-corrected chi connectivity index (χ1v) is 12.1. The summed E-state index contributed by atoms with van der Waals surface area (Å²) in [6.07, 6.45) is 0.703. The second-order valence-corrected chi connectivity index (χ2v) is 9.06. The van der Waals surface area contributed by atoms with Crippen molar-refractivity contribution in [3.63, 3.8) is 0 Å². The molecule has 37 heavy (non-hydrogen) atoms. The normalized spacial score (nSPS) is 12.6. The molecular formula is C29H25ClN2O5. The van der Waals surface area contributed by atoms with E-state index in [2.05, 4.69) is 5.32 Å². The molecule has 0 saturated carbocycles. The molecule has 1 aliphatic rings. The van der Waals surface area contributed by atoms with Crippen LogP contribution >= 0.6 is 11.6 Å². The molecule has 0 radical (unpaired) electrons. The first-order chi connectivity index (χ1) is 18.0. The third-order valence-electron chi connectivity index (χ3n) is 6.37. The molecular weight excluding hydrogens is 492 g/mol. The summed E-state index contributed by atoms with van der Waals surface area (Å²) < 4.78 is 16.8. The molecule has 2 heterocycles. The maximum Gasteiger partial charge on any atom is 0.289 e. The Kier molecular flexibility index (Phi) is 6.88. The Morgan fingerprint density at radius 2 is 1.62 bits per heavy atom. The molecule has 0 aliphatic carbocycles. The molecule has 3 aromatic carbocycles. The van der Waals surface area contributed by atoms with E-state index >= 15 is 0 Å². The molecule has 7 nitrogen and oxygen atoms in total. The van der Waals surface area contributed by atoms with Gasteiger partial charge in [0.15, 0.2) is 17.3 Å². The van der Waals surface area contributed by atoms with Crippen molar-refractivity contribution >= 4 is 29.1 Å². The maximum absolute atomic E-state index is 13.3. The highest BCUT2D eigenvalue weighted by atomic mass is 35.5. The number of hydrogen-bond donors (Lipinski definition) is 1. The van der Waals surface area contributed by atoms with Gasteiger partial charge < -0.3 is 24.1 Å². The number of halogens is 1. The second-order valence-electron chi connectivity index (χ2n) is 8.62. The van der Waals surface area contributed by atoms with Crippen LogP contribution in [0.2, 0.25) is 5.02 Å². The van der Waals surface area contributed by atoms with Crippen LogP contribution < -0.4 is 14.8 Å². The number of nitrogens with one attached hydrogen (secondary N) is 1. The van der Waals surface area contributed by atoms with Crippen LogP contribution in [-0.4, -0.2) is 37.5 Å². The minimum Gasteiger partial charge on any atom is -0.493 e. The van der Waals surface area contributed by atoms with E-state index in [9.17, 15) is 9.59 Å². The predicted octanol–water partition coefficient (Wildman–Crippen LogP) is 6.07. The van der Waals surface area contributed by atoms with Gasteiger partial charge in [0.25, 0.3) is 11.8 Å². The zero-order valence-corrected chi connectivity index (χ0v) is 21.2. The number of nitrogens with zero attached hydrogens (tertiary/aromatic N) is 1. The fraction of sp³-hybridized carbons (Fsp3) is 0.172. The molecule has 188 valence electrons. The van der Waals surface area contributed by atoms with Gasteiger partial charge in [-0.3, -0.25) is 9.59 Å². The third-order valence-corrected chi connectivity index (χ3v) is 6.62. The van der Waals surface area contributed by atoms with E-state index in [0.717, 1.165) is 11.1 Å². The number of carbonyl (C=O) groups is 2. The number of methoxy groups -OCH3 is 2. The van der Waals surface area contributed by atoms with Gasteiger partial charge in [-0.1, -0.05) is 23.7 Å². The first kappa shape index (κ1) is 24.5. The summed E-state index contributed by atoms with van der Waals surface area (Å²) in [5, 5.41) is 3.47. The SMILES string of the molecule is COc1cc2c(cc1OC)CN(C(=O)c1ccc(-c3ccccc3NC(=O)c3ccc(Cl)cc3)o1)CC2. The summed E-state index contributed by atoms with van der Waals surface area (Å²) in [6, 6.07) is 21.2. The molecule has 1 N–H and O–H groups in total. The topological polar surface area (TPSA) is 81.0 Å². The Morgan fingerprint density at radius 3 is 2.35 bits per heavy atom. The summed E-state index contributed by atoms with van der Waals surface area (Å²) in [7, 11) is 3.20. The monoisotopic (exact) mass is 516 g/mol. The van der Waals surface area contributed by atoms with Crippen molar-refractivity contribution in [2.45, 2.75) is 13.0 Å². The minimum absolute atomic E-state index is 0.200. The van der Waals surface area contributed by atoms with Gasteiger partial charge in [-0.2, -0.15) is 0 Å². The third kappa shape index (κ3) is 5.04. The standard InChI is InChI=1S/C29H25ClN2O5/c1-35-26-15-19-13-14-32(17-20(19)16-27(26)36-2)29(34)25-12-11-24(37-25)22-5-3-4-6-23(22)31-28(33)18-7-9-21(30)10-8-18/h3-12,15-16H,13-14,17H2,1-2H3,(H,31,33). The predicted molar refractivity (Wildman–Crippen MR) is 142 cm³/mol. The van der Waals surface area contributed by atoms with Gasteiger partial charge in [-0.25, -0.2) is 0 Å². The van der Waals surface area contributed by atoms with Crippen LogP contribution in [0.25, 0.3) is 11.3 Å². The number of anilines is 1. The lowest BCUT2D eigenvalue weighted by Gasteiger charge is -2.29. The Morgan fingerprint density at radius 1 is 0.919 bits per heavy atom. The lowest BCUT2D eigenvalue weighted by Crippen LogP contribution is -2.35. The largest absolute Gasteiger partial charge is 0.493 e. The van der Waals surface area contributed by atoms with Crippen molar-refractivity contribution < 1.29 is 23.5 Å². The quantitative estimate of drug-likeness (QED) is 0.336. The first-order valence-electron chi connectivity index (χ1n) is 11.8. The molecule has 1 aromatic heterocycles. The molecule has 0 saturated heterocycles. The van der Waals surface area contributed by atoms with E-state index < -0.39 is 0 Å². The fourth-order valence-corrected chi connectivity index (χ4v) is 4.54. The van der Waals surface area contributed by atoms with Gasteiger partial charge in [0, 0.05) is 29.2 Å². The number of amides is 2. The zero-order chi connectivity index (χ0) is 25.9. The van der Waals surface area contributed by atoms with Crippen LogP contribution in [0.15, 0.2) is 77.2 Å². The zero-order valence-electron chi connectivity index (χ0n) is 20.4. The lowest BCUT2D eigenvalue weighted by molar-refractivity contribution is 0.0703. The van der Waals surface area contributed by atoms with E-state index in [1.54, 1.807) is 61.6 Å². The van der Waals surface area contributed by atoms with Crippen LogP contribution in [0, 0.1) is 0 Å². The van der Waals surface area contributed by atoms with E-state index in [1.165, 1.54) is 0 Å². The Bertz CT molecular complexity index is 1460. The Balaban J connectivity index is 1.34. The highest BCUT2D eigenvalue weighted by Crippen LogP contribution is 2.34. The van der Waals surface area contributed by atoms with Crippen molar-refractivity contribution in [3.8, 4) is 22.8 Å². The molecule has 4 aromatic rings. The number of rotatable bonds is 6. The Hall–Kier alpha value is -4.23. The minimum atomic E-state index is -0.272. The van der Waals surface area contributed by atoms with Crippen molar-refractivity contribution in [2.75, 3.05) is 26.1 Å². The number of ether oxygens (including phenoxy) is 2. The second kappa shape index (κ2) is 10.4. The van der Waals surface area contributed by atoms with Crippen molar-refractivity contribution in [3.05, 3.63) is 100 Å². The van der Waals surface area contributed by atoms with Gasteiger partial charge in [-0.05, 0) is 78.2 Å². The van der Waals surface area contributed by atoms with Gasteiger partial charge >= 0.3 is 0 Å². The van der Waals surface area contributed by atoms with E-state index in [4.69, 9.17) is 25.5 Å². The summed E-state index contributed by atoms with van der Waals surface area (Å²) in [5.74, 6) is 1.56. The van der Waals surface area contributed by atoms with Crippen LogP contribution in [0.3, 0.4) is 0 Å². The van der Waals surface area contributed by atoms with Crippen molar-refractivity contribution in [1.29, 1.82) is 0 Å². The summed E-state index contributed by atoms with van der Waals surface area (Å²) in [4.78, 5) is 27.8. The van der Waals surface area contributed by atoms with Crippen LogP contribution in [0.5, 0.6) is 11.5 Å². The van der Waals surface area contributed by atoms with Crippen LogP contribution in [-0.2, 0) is 13.0 Å². The molecule has 8 heteroatoms. The van der Waals surface area contributed by atoms with Gasteiger partial charge in [0.05, 0.1) is 19.9 Å². The highest BCUT2D eigenvalue weighted by Gasteiger charge is 2.26. The fourth-order valence-electron chi connectivity index (χ4n) is 4.41. The van der Waals surface area contributed by atoms with Gasteiger partial charge in [0.2, 0.25) is 0 Å². The number of carbonyl (C=O) groups excluding carboxylic acids is 2. The number of furan rings is 1. The van der Waals surface area contributed by atoms with Crippen molar-refractivity contribution in [2.24, 2.45) is 0 Å². The average molecular weight is 517 g/mol. The van der Waals surface area contributed by atoms with Gasteiger partial charge in [0.1, 0.15) is 5.76 Å². The molecule has 0 unspecified atom stereocenters. The smallest absolute Gasteiger partial charge is 0.289 e. The lowest BCUT2D eigenvalue weighted by atomic mass is 9.98. The molecule has 1 aliphatic heterocycles. The van der Waals surface area contributed by atoms with E-state index in [1.807, 2.05) is 30.3 Å². The van der Waals surface area contributed by atoms with Gasteiger partial charge in [-0.15, -0.1) is 0 Å². The molecule has 0 atom stereocenters. The molecule has 0 fully saturated rings. The van der Waals surface area contributed by atoms with Crippen LogP contribution in [0.4, 0.5) is 5.69 Å². The van der Waals surface area contributed by atoms with E-state index in [-0.39, 0.29) is 17.6 Å². The molecule has 0 spiro atoms.